The van der Waals surface area contributed by atoms with E-state index in [0.29, 0.717) is 5.56 Å². The zero-order chi connectivity index (χ0) is 16.1. The van der Waals surface area contributed by atoms with Crippen LogP contribution in [0.15, 0.2) is 42.5 Å². The molecule has 0 saturated carbocycles. The van der Waals surface area contributed by atoms with Gasteiger partial charge in [-0.25, -0.2) is 13.2 Å². The summed E-state index contributed by atoms with van der Waals surface area (Å²) in [6.07, 6.45) is 0. The number of halogens is 3. The Bertz CT molecular complexity index is 676. The Morgan fingerprint density at radius 2 is 1.82 bits per heavy atom. The molecular formula is C16H15F3N2O. The van der Waals surface area contributed by atoms with Crippen molar-refractivity contribution >= 4 is 11.6 Å². The molecule has 22 heavy (non-hydrogen) atoms. The van der Waals surface area contributed by atoms with Crippen molar-refractivity contribution in [1.29, 1.82) is 0 Å². The molecule has 0 radical (unpaired) electrons. The summed E-state index contributed by atoms with van der Waals surface area (Å²) in [6.45, 7) is 0.149. The van der Waals surface area contributed by atoms with Crippen molar-refractivity contribution in [3.63, 3.8) is 0 Å². The van der Waals surface area contributed by atoms with Gasteiger partial charge in [0.1, 0.15) is 17.5 Å². The minimum atomic E-state index is -0.716. The third-order valence-electron chi connectivity index (χ3n) is 3.01. The number of hydrogen-bond donors (Lipinski definition) is 1. The molecule has 0 bridgehead atoms. The third-order valence-corrected chi connectivity index (χ3v) is 3.01. The first kappa shape index (κ1) is 16.0. The van der Waals surface area contributed by atoms with Crippen LogP contribution >= 0.6 is 0 Å². The molecular weight excluding hydrogens is 293 g/mol. The van der Waals surface area contributed by atoms with E-state index in [1.807, 2.05) is 0 Å². The number of hydrogen-bond acceptors (Lipinski definition) is 2. The third kappa shape index (κ3) is 4.33. The molecule has 2 rings (SSSR count). The molecule has 116 valence electrons. The molecule has 3 nitrogen and oxygen atoms in total. The lowest BCUT2D eigenvalue weighted by Crippen LogP contribution is -2.30. The van der Waals surface area contributed by atoms with Crippen LogP contribution in [0.4, 0.5) is 18.9 Å². The van der Waals surface area contributed by atoms with Gasteiger partial charge < -0.3 is 5.32 Å². The molecule has 0 unspecified atom stereocenters. The fourth-order valence-electron chi connectivity index (χ4n) is 2.00. The maximum Gasteiger partial charge on any atom is 0.238 e. The predicted molar refractivity (Wildman–Crippen MR) is 77.7 cm³/mol. The summed E-state index contributed by atoms with van der Waals surface area (Å²) in [5.41, 5.74) is 0.235. The Kier molecular flexibility index (Phi) is 5.16. The first-order valence-corrected chi connectivity index (χ1v) is 6.62. The maximum absolute atomic E-state index is 13.5. The van der Waals surface area contributed by atoms with Crippen LogP contribution < -0.4 is 5.32 Å². The second-order valence-electron chi connectivity index (χ2n) is 4.94. The first-order valence-electron chi connectivity index (χ1n) is 6.62. The number of nitrogens with zero attached hydrogens (tertiary/aromatic N) is 1. The summed E-state index contributed by atoms with van der Waals surface area (Å²) in [7, 11) is 1.63. The van der Waals surface area contributed by atoms with Gasteiger partial charge in [-0.2, -0.15) is 0 Å². The lowest BCUT2D eigenvalue weighted by atomic mass is 10.2. The first-order chi connectivity index (χ1) is 10.5. The van der Waals surface area contributed by atoms with E-state index in [-0.39, 0.29) is 24.6 Å². The second kappa shape index (κ2) is 7.09. The van der Waals surface area contributed by atoms with Gasteiger partial charge in [-0.1, -0.05) is 18.2 Å². The lowest BCUT2D eigenvalue weighted by Gasteiger charge is -2.17. The molecule has 0 aliphatic heterocycles. The summed E-state index contributed by atoms with van der Waals surface area (Å²) in [6, 6.07) is 9.06. The van der Waals surface area contributed by atoms with E-state index in [4.69, 9.17) is 0 Å². The number of carbonyl (C=O) groups is 1. The minimum Gasteiger partial charge on any atom is -0.322 e. The van der Waals surface area contributed by atoms with Gasteiger partial charge in [0.25, 0.3) is 0 Å². The van der Waals surface area contributed by atoms with Crippen LogP contribution in [0.25, 0.3) is 0 Å². The van der Waals surface area contributed by atoms with E-state index >= 15 is 0 Å². The van der Waals surface area contributed by atoms with Gasteiger partial charge in [-0.05, 0) is 25.2 Å². The van der Waals surface area contributed by atoms with E-state index in [1.165, 1.54) is 6.07 Å². The van der Waals surface area contributed by atoms with Crippen molar-refractivity contribution in [2.45, 2.75) is 6.54 Å². The Hall–Kier alpha value is -2.34. The highest BCUT2D eigenvalue weighted by molar-refractivity contribution is 5.92. The monoisotopic (exact) mass is 308 g/mol. The number of amides is 1. The van der Waals surface area contributed by atoms with Gasteiger partial charge in [-0.3, -0.25) is 9.69 Å². The van der Waals surface area contributed by atoms with Crippen molar-refractivity contribution in [2.75, 3.05) is 18.9 Å². The quantitative estimate of drug-likeness (QED) is 0.920. The van der Waals surface area contributed by atoms with Crippen LogP contribution in [-0.2, 0) is 11.3 Å². The topological polar surface area (TPSA) is 32.3 Å². The Balaban J connectivity index is 1.94. The Labute approximate surface area is 126 Å². The van der Waals surface area contributed by atoms with Crippen LogP contribution in [0.1, 0.15) is 5.56 Å². The molecule has 0 aliphatic carbocycles. The van der Waals surface area contributed by atoms with Crippen LogP contribution in [-0.4, -0.2) is 24.4 Å². The summed E-state index contributed by atoms with van der Waals surface area (Å²) in [4.78, 5) is 13.4. The highest BCUT2D eigenvalue weighted by Gasteiger charge is 2.12. The van der Waals surface area contributed by atoms with Crippen LogP contribution in [0.2, 0.25) is 0 Å². The highest BCUT2D eigenvalue weighted by atomic mass is 19.1. The highest BCUT2D eigenvalue weighted by Crippen LogP contribution is 2.15. The molecule has 2 aromatic carbocycles. The van der Waals surface area contributed by atoms with Crippen LogP contribution in [0.3, 0.4) is 0 Å². The number of carbonyl (C=O) groups excluding carboxylic acids is 1. The normalized spacial score (nSPS) is 10.8. The van der Waals surface area contributed by atoms with Gasteiger partial charge in [0, 0.05) is 18.2 Å². The number of rotatable bonds is 5. The summed E-state index contributed by atoms with van der Waals surface area (Å²) in [5, 5.41) is 2.29. The molecule has 1 amide bonds. The van der Waals surface area contributed by atoms with E-state index in [0.717, 1.165) is 18.2 Å². The Morgan fingerprint density at radius 3 is 2.55 bits per heavy atom. The Morgan fingerprint density at radius 1 is 1.09 bits per heavy atom. The summed E-state index contributed by atoms with van der Waals surface area (Å²) >= 11 is 0. The van der Waals surface area contributed by atoms with Crippen molar-refractivity contribution in [2.24, 2.45) is 0 Å². The van der Waals surface area contributed by atoms with Crippen molar-refractivity contribution < 1.29 is 18.0 Å². The van der Waals surface area contributed by atoms with Gasteiger partial charge in [-0.15, -0.1) is 0 Å². The minimum absolute atomic E-state index is 0.0791. The van der Waals surface area contributed by atoms with Crippen LogP contribution in [0.5, 0.6) is 0 Å². The molecule has 1 N–H and O–H groups in total. The fraction of sp³-hybridized carbons (Fsp3) is 0.188. The second-order valence-corrected chi connectivity index (χ2v) is 4.94. The van der Waals surface area contributed by atoms with E-state index in [1.54, 1.807) is 30.1 Å². The average molecular weight is 308 g/mol. The van der Waals surface area contributed by atoms with Gasteiger partial charge in [0.2, 0.25) is 5.91 Å². The van der Waals surface area contributed by atoms with Gasteiger partial charge in [0.15, 0.2) is 0 Å². The largest absolute Gasteiger partial charge is 0.322 e. The van der Waals surface area contributed by atoms with E-state index in [9.17, 15) is 18.0 Å². The number of likely N-dealkylation sites (N-methyl/N-ethyl adjacent to an activating group) is 1. The SMILES string of the molecule is CN(CC(=O)Nc1cc(F)ccc1F)Cc1ccccc1F. The van der Waals surface area contributed by atoms with Crippen molar-refractivity contribution in [1.82, 2.24) is 4.90 Å². The molecule has 6 heteroatoms. The molecule has 0 saturated heterocycles. The number of nitrogens with one attached hydrogen (secondary N) is 1. The van der Waals surface area contributed by atoms with Gasteiger partial charge >= 0.3 is 0 Å². The molecule has 2 aromatic rings. The lowest BCUT2D eigenvalue weighted by molar-refractivity contribution is -0.117. The summed E-state index contributed by atoms with van der Waals surface area (Å²) < 4.78 is 40.0. The van der Waals surface area contributed by atoms with Crippen molar-refractivity contribution in [3.8, 4) is 0 Å². The molecule has 0 atom stereocenters. The van der Waals surface area contributed by atoms with Gasteiger partial charge in [0.05, 0.1) is 12.2 Å². The van der Waals surface area contributed by atoms with E-state index in [2.05, 4.69) is 5.32 Å². The predicted octanol–water partition coefficient (Wildman–Crippen LogP) is 3.17. The fourth-order valence-corrected chi connectivity index (χ4v) is 2.00. The zero-order valence-electron chi connectivity index (χ0n) is 11.9. The van der Waals surface area contributed by atoms with E-state index < -0.39 is 17.5 Å². The standard InChI is InChI=1S/C16H15F3N2O/c1-21(9-11-4-2-3-5-13(11)18)10-16(22)20-15-8-12(17)6-7-14(15)19/h2-8H,9-10H2,1H3,(H,20,22). The maximum atomic E-state index is 13.5. The molecule has 0 fully saturated rings. The number of anilines is 1. The molecule has 0 aliphatic rings. The molecule has 0 spiro atoms. The smallest absolute Gasteiger partial charge is 0.238 e. The molecule has 0 aromatic heterocycles. The summed E-state index contributed by atoms with van der Waals surface area (Å²) in [5.74, 6) is -2.22. The van der Waals surface area contributed by atoms with Crippen molar-refractivity contribution in [3.05, 3.63) is 65.5 Å². The average Bonchev–Trinajstić information content (AvgIpc) is 2.45. The number of benzene rings is 2. The van der Waals surface area contributed by atoms with Crippen LogP contribution in [0, 0.1) is 17.5 Å². The zero-order valence-corrected chi connectivity index (χ0v) is 11.9. The molecule has 0 heterocycles.